The standard InChI is InChI=1S/C18H27N3O/c1-14-9-11-21(12-10-14)18(22)17-8-7-16(13-19-17)20-15-5-3-2-4-6-15/h7-8,13-15,20H,2-6,9-12H2,1H3. The Morgan fingerprint density at radius 2 is 1.86 bits per heavy atom. The number of carbonyl (C=O) groups is 1. The van der Waals surface area contributed by atoms with Crippen molar-refractivity contribution < 1.29 is 4.79 Å². The minimum atomic E-state index is 0.0797. The highest BCUT2D eigenvalue weighted by molar-refractivity contribution is 5.92. The number of hydrogen-bond donors (Lipinski definition) is 1. The van der Waals surface area contributed by atoms with Gasteiger partial charge in [-0.2, -0.15) is 0 Å². The third-order valence-corrected chi connectivity index (χ3v) is 5.03. The van der Waals surface area contributed by atoms with Crippen LogP contribution in [0.15, 0.2) is 18.3 Å². The molecule has 1 aliphatic heterocycles. The van der Waals surface area contributed by atoms with Crippen LogP contribution >= 0.6 is 0 Å². The highest BCUT2D eigenvalue weighted by Crippen LogP contribution is 2.22. The number of piperidine rings is 1. The summed E-state index contributed by atoms with van der Waals surface area (Å²) in [7, 11) is 0. The topological polar surface area (TPSA) is 45.2 Å². The van der Waals surface area contributed by atoms with Crippen LogP contribution in [0, 0.1) is 5.92 Å². The van der Waals surface area contributed by atoms with Crippen molar-refractivity contribution >= 4 is 11.6 Å². The van der Waals surface area contributed by atoms with Gasteiger partial charge in [0, 0.05) is 19.1 Å². The van der Waals surface area contributed by atoms with Crippen molar-refractivity contribution in [3.63, 3.8) is 0 Å². The van der Waals surface area contributed by atoms with Gasteiger partial charge in [-0.1, -0.05) is 26.2 Å². The van der Waals surface area contributed by atoms with Crippen molar-refractivity contribution in [1.82, 2.24) is 9.88 Å². The summed E-state index contributed by atoms with van der Waals surface area (Å²) in [6.45, 7) is 3.99. The van der Waals surface area contributed by atoms with Gasteiger partial charge >= 0.3 is 0 Å². The second-order valence-electron chi connectivity index (χ2n) is 6.89. The lowest BCUT2D eigenvalue weighted by Gasteiger charge is -2.30. The Morgan fingerprint density at radius 1 is 1.14 bits per heavy atom. The number of carbonyl (C=O) groups excluding carboxylic acids is 1. The molecule has 2 heterocycles. The van der Waals surface area contributed by atoms with Crippen LogP contribution in [-0.4, -0.2) is 34.9 Å². The molecule has 0 spiro atoms. The van der Waals surface area contributed by atoms with E-state index in [0.29, 0.717) is 11.7 Å². The van der Waals surface area contributed by atoms with E-state index in [-0.39, 0.29) is 5.91 Å². The second kappa shape index (κ2) is 7.12. The highest BCUT2D eigenvalue weighted by atomic mass is 16.2. The summed E-state index contributed by atoms with van der Waals surface area (Å²) in [4.78, 5) is 18.8. The van der Waals surface area contributed by atoms with Gasteiger partial charge in [-0.25, -0.2) is 4.98 Å². The van der Waals surface area contributed by atoms with Crippen molar-refractivity contribution in [2.24, 2.45) is 5.92 Å². The summed E-state index contributed by atoms with van der Waals surface area (Å²) in [6, 6.07) is 4.44. The SMILES string of the molecule is CC1CCN(C(=O)c2ccc(NC3CCCCC3)cn2)CC1. The van der Waals surface area contributed by atoms with Gasteiger partial charge in [-0.15, -0.1) is 0 Å². The molecular weight excluding hydrogens is 274 g/mol. The van der Waals surface area contributed by atoms with Gasteiger partial charge in [0.1, 0.15) is 5.69 Å². The summed E-state index contributed by atoms with van der Waals surface area (Å²) >= 11 is 0. The molecule has 1 N–H and O–H groups in total. The normalized spacial score (nSPS) is 20.9. The monoisotopic (exact) mass is 301 g/mol. The van der Waals surface area contributed by atoms with E-state index in [0.717, 1.165) is 37.5 Å². The number of likely N-dealkylation sites (tertiary alicyclic amines) is 1. The molecule has 1 aromatic heterocycles. The number of amides is 1. The van der Waals surface area contributed by atoms with Gasteiger partial charge in [-0.3, -0.25) is 4.79 Å². The lowest BCUT2D eigenvalue weighted by molar-refractivity contribution is 0.0691. The molecule has 2 aliphatic rings. The van der Waals surface area contributed by atoms with Crippen LogP contribution in [0.5, 0.6) is 0 Å². The molecule has 120 valence electrons. The molecule has 1 amide bonds. The molecule has 0 radical (unpaired) electrons. The summed E-state index contributed by atoms with van der Waals surface area (Å²) in [5.74, 6) is 0.815. The minimum Gasteiger partial charge on any atom is -0.381 e. The molecule has 0 unspecified atom stereocenters. The first-order valence-electron chi connectivity index (χ1n) is 8.74. The van der Waals surface area contributed by atoms with Crippen LogP contribution < -0.4 is 5.32 Å². The van der Waals surface area contributed by atoms with Crippen LogP contribution in [0.25, 0.3) is 0 Å². The first-order chi connectivity index (χ1) is 10.7. The molecule has 1 aromatic rings. The van der Waals surface area contributed by atoms with Crippen LogP contribution in [0.3, 0.4) is 0 Å². The van der Waals surface area contributed by atoms with Crippen molar-refractivity contribution in [3.8, 4) is 0 Å². The average molecular weight is 301 g/mol. The van der Waals surface area contributed by atoms with E-state index in [4.69, 9.17) is 0 Å². The third kappa shape index (κ3) is 3.79. The van der Waals surface area contributed by atoms with Crippen LogP contribution in [0.2, 0.25) is 0 Å². The number of pyridine rings is 1. The van der Waals surface area contributed by atoms with Gasteiger partial charge in [0.05, 0.1) is 11.9 Å². The molecular formula is C18H27N3O. The fourth-order valence-electron chi connectivity index (χ4n) is 3.46. The Bertz CT molecular complexity index is 486. The number of anilines is 1. The van der Waals surface area contributed by atoms with E-state index >= 15 is 0 Å². The molecule has 1 saturated carbocycles. The van der Waals surface area contributed by atoms with Crippen LogP contribution in [0.4, 0.5) is 5.69 Å². The quantitative estimate of drug-likeness (QED) is 0.926. The zero-order valence-electron chi connectivity index (χ0n) is 13.6. The van der Waals surface area contributed by atoms with Crippen molar-refractivity contribution in [2.45, 2.75) is 57.9 Å². The van der Waals surface area contributed by atoms with E-state index in [1.807, 2.05) is 23.2 Å². The van der Waals surface area contributed by atoms with E-state index in [1.54, 1.807) is 0 Å². The van der Waals surface area contributed by atoms with E-state index < -0.39 is 0 Å². The average Bonchev–Trinajstić information content (AvgIpc) is 2.57. The number of rotatable bonds is 3. The zero-order chi connectivity index (χ0) is 15.4. The second-order valence-corrected chi connectivity index (χ2v) is 6.89. The molecule has 4 heteroatoms. The first-order valence-corrected chi connectivity index (χ1v) is 8.74. The predicted molar refractivity (Wildman–Crippen MR) is 89.0 cm³/mol. The predicted octanol–water partition coefficient (Wildman–Crippen LogP) is 3.70. The molecule has 0 aromatic carbocycles. The number of nitrogens with one attached hydrogen (secondary N) is 1. The lowest BCUT2D eigenvalue weighted by Crippen LogP contribution is -2.38. The zero-order valence-corrected chi connectivity index (χ0v) is 13.6. The highest BCUT2D eigenvalue weighted by Gasteiger charge is 2.22. The molecule has 1 saturated heterocycles. The van der Waals surface area contributed by atoms with E-state index in [1.165, 1.54) is 32.1 Å². The van der Waals surface area contributed by atoms with Gasteiger partial charge in [0.15, 0.2) is 0 Å². The Hall–Kier alpha value is -1.58. The fraction of sp³-hybridized carbons (Fsp3) is 0.667. The Labute approximate surface area is 133 Å². The summed E-state index contributed by atoms with van der Waals surface area (Å²) in [5, 5.41) is 3.54. The minimum absolute atomic E-state index is 0.0797. The molecule has 0 atom stereocenters. The van der Waals surface area contributed by atoms with E-state index in [9.17, 15) is 4.79 Å². The molecule has 4 nitrogen and oxygen atoms in total. The lowest BCUT2D eigenvalue weighted by atomic mass is 9.95. The Kier molecular flexibility index (Phi) is 4.96. The third-order valence-electron chi connectivity index (χ3n) is 5.03. The van der Waals surface area contributed by atoms with Gasteiger partial charge in [0.25, 0.3) is 5.91 Å². The summed E-state index contributed by atoms with van der Waals surface area (Å²) in [6.07, 6.45) is 10.5. The largest absolute Gasteiger partial charge is 0.381 e. The fourth-order valence-corrected chi connectivity index (χ4v) is 3.46. The van der Waals surface area contributed by atoms with Gasteiger partial charge in [0.2, 0.25) is 0 Å². The Balaban J connectivity index is 1.57. The first kappa shape index (κ1) is 15.3. The molecule has 22 heavy (non-hydrogen) atoms. The molecule has 0 bridgehead atoms. The smallest absolute Gasteiger partial charge is 0.272 e. The maximum absolute atomic E-state index is 12.5. The molecule has 2 fully saturated rings. The van der Waals surface area contributed by atoms with Crippen LogP contribution in [0.1, 0.15) is 62.4 Å². The van der Waals surface area contributed by atoms with Crippen molar-refractivity contribution in [1.29, 1.82) is 0 Å². The molecule has 3 rings (SSSR count). The summed E-state index contributed by atoms with van der Waals surface area (Å²) < 4.78 is 0. The number of nitrogens with zero attached hydrogens (tertiary/aromatic N) is 2. The number of aromatic nitrogens is 1. The Morgan fingerprint density at radius 3 is 2.50 bits per heavy atom. The van der Waals surface area contributed by atoms with Crippen LogP contribution in [-0.2, 0) is 0 Å². The maximum atomic E-state index is 12.5. The summed E-state index contributed by atoms with van der Waals surface area (Å²) in [5.41, 5.74) is 1.61. The van der Waals surface area contributed by atoms with Crippen molar-refractivity contribution in [3.05, 3.63) is 24.0 Å². The van der Waals surface area contributed by atoms with Gasteiger partial charge in [-0.05, 0) is 43.7 Å². The van der Waals surface area contributed by atoms with Gasteiger partial charge < -0.3 is 10.2 Å². The number of hydrogen-bond acceptors (Lipinski definition) is 3. The van der Waals surface area contributed by atoms with Crippen molar-refractivity contribution in [2.75, 3.05) is 18.4 Å². The maximum Gasteiger partial charge on any atom is 0.272 e. The van der Waals surface area contributed by atoms with E-state index in [2.05, 4.69) is 17.2 Å². The molecule has 1 aliphatic carbocycles.